The molecule has 4 heteroatoms. The van der Waals surface area contributed by atoms with Crippen LogP contribution in [-0.4, -0.2) is 12.0 Å². The number of hydrogen-bond donors (Lipinski definition) is 1. The molecule has 2 aromatic rings. The zero-order valence-corrected chi connectivity index (χ0v) is 22.2. The maximum atomic E-state index is 14.1. The number of ether oxygens (including phenoxy) is 1. The molecule has 194 valence electrons. The van der Waals surface area contributed by atoms with Crippen LogP contribution in [0.15, 0.2) is 42.5 Å². The first-order valence-corrected chi connectivity index (χ1v) is 13.9. The van der Waals surface area contributed by atoms with Gasteiger partial charge in [0.05, 0.1) is 17.4 Å². The van der Waals surface area contributed by atoms with Gasteiger partial charge in [-0.05, 0) is 50.5 Å². The van der Waals surface area contributed by atoms with Gasteiger partial charge in [-0.2, -0.15) is 0 Å². The second-order valence-corrected chi connectivity index (χ2v) is 9.88. The Kier molecular flexibility index (Phi) is 14.1. The number of carbonyl (C=O) groups is 1. The maximum absolute atomic E-state index is 14.1. The van der Waals surface area contributed by atoms with Crippen LogP contribution in [0.25, 0.3) is 0 Å². The number of carbonyl (C=O) groups excluding carboxylic acids is 1. The van der Waals surface area contributed by atoms with E-state index in [1.807, 2.05) is 32.0 Å². The van der Waals surface area contributed by atoms with Crippen molar-refractivity contribution in [2.75, 3.05) is 5.32 Å². The minimum Gasteiger partial charge on any atom is -0.490 e. The van der Waals surface area contributed by atoms with E-state index in [0.717, 1.165) is 24.8 Å². The van der Waals surface area contributed by atoms with Gasteiger partial charge in [-0.3, -0.25) is 4.79 Å². The molecule has 1 N–H and O–H groups in total. The molecule has 2 rings (SSSR count). The fourth-order valence-electron chi connectivity index (χ4n) is 4.48. The molecule has 0 atom stereocenters. The molecule has 0 aliphatic heterocycles. The van der Waals surface area contributed by atoms with Crippen molar-refractivity contribution in [3.63, 3.8) is 0 Å². The number of unbranched alkanes of at least 4 members (excludes halogenated alkanes) is 12. The Morgan fingerprint density at radius 1 is 0.800 bits per heavy atom. The van der Waals surface area contributed by atoms with Crippen LogP contribution in [0.5, 0.6) is 5.75 Å². The number of rotatable bonds is 18. The van der Waals surface area contributed by atoms with E-state index in [4.69, 9.17) is 4.74 Å². The highest BCUT2D eigenvalue weighted by Crippen LogP contribution is 2.27. The largest absolute Gasteiger partial charge is 0.490 e. The summed E-state index contributed by atoms with van der Waals surface area (Å²) >= 11 is 0. The molecule has 0 radical (unpaired) electrons. The minimum atomic E-state index is -0.443. The van der Waals surface area contributed by atoms with Gasteiger partial charge < -0.3 is 10.1 Å². The molecule has 1 amide bonds. The molecule has 0 unspecified atom stereocenters. The molecule has 0 saturated heterocycles. The summed E-state index contributed by atoms with van der Waals surface area (Å²) in [6.45, 7) is 6.15. The average molecular weight is 484 g/mol. The number of amides is 1. The summed E-state index contributed by atoms with van der Waals surface area (Å²) in [6, 6.07) is 12.0. The van der Waals surface area contributed by atoms with Crippen molar-refractivity contribution in [1.29, 1.82) is 0 Å². The molecule has 0 aromatic heterocycles. The zero-order chi connectivity index (χ0) is 25.3. The van der Waals surface area contributed by atoms with E-state index in [-0.39, 0.29) is 17.7 Å². The summed E-state index contributed by atoms with van der Waals surface area (Å²) in [7, 11) is 0. The first-order valence-electron chi connectivity index (χ1n) is 13.9. The van der Waals surface area contributed by atoms with E-state index in [1.54, 1.807) is 18.2 Å². The van der Waals surface area contributed by atoms with E-state index in [2.05, 4.69) is 12.2 Å². The van der Waals surface area contributed by atoms with E-state index >= 15 is 0 Å². The van der Waals surface area contributed by atoms with Gasteiger partial charge in [0, 0.05) is 0 Å². The predicted molar refractivity (Wildman–Crippen MR) is 146 cm³/mol. The number of hydrogen-bond acceptors (Lipinski definition) is 2. The van der Waals surface area contributed by atoms with E-state index in [0.29, 0.717) is 11.3 Å². The number of nitrogens with one attached hydrogen (secondary N) is 1. The number of para-hydroxylation sites is 1. The molecule has 35 heavy (non-hydrogen) atoms. The highest BCUT2D eigenvalue weighted by molar-refractivity contribution is 6.07. The Bertz CT molecular complexity index is 865. The fourth-order valence-corrected chi connectivity index (χ4v) is 4.48. The Labute approximate surface area is 212 Å². The molecule has 3 nitrogen and oxygen atoms in total. The normalized spacial score (nSPS) is 11.1. The molecular formula is C31H46FNO2. The van der Waals surface area contributed by atoms with Gasteiger partial charge in [-0.25, -0.2) is 4.39 Å². The van der Waals surface area contributed by atoms with Crippen molar-refractivity contribution in [2.24, 2.45) is 0 Å². The van der Waals surface area contributed by atoms with E-state index in [1.165, 1.54) is 76.7 Å². The predicted octanol–water partition coefficient (Wildman–Crippen LogP) is 9.50. The van der Waals surface area contributed by atoms with Crippen LogP contribution in [0.4, 0.5) is 10.1 Å². The van der Waals surface area contributed by atoms with Gasteiger partial charge in [0.1, 0.15) is 11.6 Å². The Morgan fingerprint density at radius 3 is 1.94 bits per heavy atom. The smallest absolute Gasteiger partial charge is 0.259 e. The van der Waals surface area contributed by atoms with Crippen LogP contribution < -0.4 is 10.1 Å². The monoisotopic (exact) mass is 483 g/mol. The van der Waals surface area contributed by atoms with E-state index < -0.39 is 5.82 Å². The molecule has 0 aliphatic carbocycles. The molecule has 0 saturated carbocycles. The van der Waals surface area contributed by atoms with Crippen LogP contribution in [0.3, 0.4) is 0 Å². The number of anilines is 1. The molecule has 0 bridgehead atoms. The third kappa shape index (κ3) is 11.3. The average Bonchev–Trinajstić information content (AvgIpc) is 2.83. The van der Waals surface area contributed by atoms with Gasteiger partial charge >= 0.3 is 0 Å². The first kappa shape index (κ1) is 28.9. The molecule has 0 fully saturated rings. The van der Waals surface area contributed by atoms with Gasteiger partial charge in [0.15, 0.2) is 0 Å². The lowest BCUT2D eigenvalue weighted by atomic mass is 9.98. The second kappa shape index (κ2) is 17.1. The van der Waals surface area contributed by atoms with Gasteiger partial charge in [0.25, 0.3) is 5.91 Å². The standard InChI is InChI=1S/C31H46FNO2/c1-4-5-6-7-8-9-10-11-12-13-14-15-16-20-26-21-19-24-29(35-25(2)3)30(26)31(34)33-28-23-18-17-22-27(28)32/h17-19,21-25H,4-16,20H2,1-3H3,(H,33,34). The van der Waals surface area contributed by atoms with Crippen LogP contribution in [0, 0.1) is 5.82 Å². The number of halogens is 1. The minimum absolute atomic E-state index is 0.0541. The Hall–Kier alpha value is -2.36. The maximum Gasteiger partial charge on any atom is 0.259 e. The van der Waals surface area contributed by atoms with Crippen molar-refractivity contribution in [2.45, 2.75) is 117 Å². The SMILES string of the molecule is CCCCCCCCCCCCCCCc1cccc(OC(C)C)c1C(=O)Nc1ccccc1F. The lowest BCUT2D eigenvalue weighted by molar-refractivity contribution is 0.101. The molecule has 0 heterocycles. The van der Waals surface area contributed by atoms with Crippen LogP contribution in [0.2, 0.25) is 0 Å². The van der Waals surface area contributed by atoms with Crippen molar-refractivity contribution in [3.05, 3.63) is 59.4 Å². The summed E-state index contributed by atoms with van der Waals surface area (Å²) < 4.78 is 20.1. The lowest BCUT2D eigenvalue weighted by Gasteiger charge is -2.18. The zero-order valence-electron chi connectivity index (χ0n) is 22.2. The first-order chi connectivity index (χ1) is 17.0. The molecular weight excluding hydrogens is 437 g/mol. The lowest BCUT2D eigenvalue weighted by Crippen LogP contribution is -2.18. The fraction of sp³-hybridized carbons (Fsp3) is 0.581. The Morgan fingerprint density at radius 2 is 1.37 bits per heavy atom. The Balaban J connectivity index is 1.80. The van der Waals surface area contributed by atoms with Crippen molar-refractivity contribution >= 4 is 11.6 Å². The van der Waals surface area contributed by atoms with Crippen LogP contribution in [-0.2, 0) is 6.42 Å². The van der Waals surface area contributed by atoms with Crippen molar-refractivity contribution in [3.8, 4) is 5.75 Å². The summed E-state index contributed by atoms with van der Waals surface area (Å²) in [5.74, 6) is -0.210. The number of aryl methyl sites for hydroxylation is 1. The molecule has 0 aliphatic rings. The number of benzene rings is 2. The van der Waals surface area contributed by atoms with E-state index in [9.17, 15) is 9.18 Å². The summed E-state index contributed by atoms with van der Waals surface area (Å²) in [5.41, 5.74) is 1.66. The van der Waals surface area contributed by atoms with Crippen LogP contribution >= 0.6 is 0 Å². The van der Waals surface area contributed by atoms with Gasteiger partial charge in [0.2, 0.25) is 0 Å². The van der Waals surface area contributed by atoms with Gasteiger partial charge in [-0.15, -0.1) is 0 Å². The third-order valence-electron chi connectivity index (χ3n) is 6.37. The van der Waals surface area contributed by atoms with Crippen molar-refractivity contribution in [1.82, 2.24) is 0 Å². The summed E-state index contributed by atoms with van der Waals surface area (Å²) in [6.07, 6.45) is 17.8. The second-order valence-electron chi connectivity index (χ2n) is 9.88. The van der Waals surface area contributed by atoms with Gasteiger partial charge in [-0.1, -0.05) is 108 Å². The quantitative estimate of drug-likeness (QED) is 0.214. The highest BCUT2D eigenvalue weighted by Gasteiger charge is 2.19. The highest BCUT2D eigenvalue weighted by atomic mass is 19.1. The third-order valence-corrected chi connectivity index (χ3v) is 6.37. The molecule has 2 aromatic carbocycles. The summed E-state index contributed by atoms with van der Waals surface area (Å²) in [4.78, 5) is 13.2. The van der Waals surface area contributed by atoms with Crippen molar-refractivity contribution < 1.29 is 13.9 Å². The molecule has 0 spiro atoms. The summed E-state index contributed by atoms with van der Waals surface area (Å²) in [5, 5.41) is 2.74. The van der Waals surface area contributed by atoms with Crippen LogP contribution in [0.1, 0.15) is 120 Å². The topological polar surface area (TPSA) is 38.3 Å².